The van der Waals surface area contributed by atoms with Crippen molar-refractivity contribution >= 4 is 5.97 Å². The van der Waals surface area contributed by atoms with Crippen molar-refractivity contribution in [1.82, 2.24) is 0 Å². The van der Waals surface area contributed by atoms with E-state index in [1.807, 2.05) is 31.2 Å². The highest BCUT2D eigenvalue weighted by molar-refractivity contribution is 5.68. The van der Waals surface area contributed by atoms with Gasteiger partial charge in [-0.1, -0.05) is 51.2 Å². The minimum Gasteiger partial charge on any atom is -0.493 e. The maximum atomic E-state index is 10.9. The van der Waals surface area contributed by atoms with Gasteiger partial charge in [0.25, 0.3) is 0 Å². The van der Waals surface area contributed by atoms with Crippen molar-refractivity contribution in [3.63, 3.8) is 0 Å². The number of hydrogen-bond acceptors (Lipinski definition) is 4. The quantitative estimate of drug-likeness (QED) is 0.388. The number of carbonyl (C=O) groups excluding carboxylic acids is 1. The van der Waals surface area contributed by atoms with Crippen LogP contribution in [0.4, 0.5) is 0 Å². The summed E-state index contributed by atoms with van der Waals surface area (Å²) in [5, 5.41) is 0. The molecule has 4 nitrogen and oxygen atoms in total. The molecule has 0 aromatic heterocycles. The molecule has 1 rings (SSSR count). The number of esters is 1. The number of hydrogen-bond donors (Lipinski definition) is 0. The average molecular weight is 322 g/mol. The van der Waals surface area contributed by atoms with E-state index >= 15 is 0 Å². The highest BCUT2D eigenvalue weighted by Crippen LogP contribution is 2.25. The van der Waals surface area contributed by atoms with Crippen LogP contribution in [-0.4, -0.2) is 26.3 Å². The van der Waals surface area contributed by atoms with Gasteiger partial charge in [0, 0.05) is 6.42 Å². The number of para-hydroxylation sites is 2. The lowest BCUT2D eigenvalue weighted by Gasteiger charge is -2.10. The molecule has 0 aliphatic carbocycles. The zero-order valence-electron chi connectivity index (χ0n) is 14.5. The van der Waals surface area contributed by atoms with E-state index < -0.39 is 0 Å². The lowest BCUT2D eigenvalue weighted by atomic mass is 10.1. The van der Waals surface area contributed by atoms with Gasteiger partial charge in [-0.15, -0.1) is 0 Å². The van der Waals surface area contributed by atoms with Crippen molar-refractivity contribution in [1.29, 1.82) is 0 Å². The van der Waals surface area contributed by atoms with E-state index in [-0.39, 0.29) is 5.97 Å². The Hall–Kier alpha value is -1.71. The van der Waals surface area contributed by atoms with Crippen LogP contribution in [0.5, 0.6) is 11.5 Å². The first kappa shape index (κ1) is 19.3. The fraction of sp³-hybridized carbons (Fsp3) is 0.632. The first-order valence-corrected chi connectivity index (χ1v) is 8.69. The summed E-state index contributed by atoms with van der Waals surface area (Å²) in [6, 6.07) is 7.74. The Morgan fingerprint density at radius 1 is 0.870 bits per heavy atom. The number of unbranched alkanes of at least 4 members (excludes halogenated alkanes) is 6. The van der Waals surface area contributed by atoms with Crippen LogP contribution in [0.15, 0.2) is 24.3 Å². The van der Waals surface area contributed by atoms with Gasteiger partial charge >= 0.3 is 5.97 Å². The first-order valence-electron chi connectivity index (χ1n) is 8.69. The fourth-order valence-corrected chi connectivity index (χ4v) is 2.30. The van der Waals surface area contributed by atoms with Gasteiger partial charge in [0.2, 0.25) is 0 Å². The summed E-state index contributed by atoms with van der Waals surface area (Å²) in [6.07, 6.45) is 8.48. The van der Waals surface area contributed by atoms with Gasteiger partial charge in [0.05, 0.1) is 20.3 Å². The third-order valence-electron chi connectivity index (χ3n) is 3.67. The average Bonchev–Trinajstić information content (AvgIpc) is 2.59. The number of ether oxygens (including phenoxy) is 3. The second-order valence-electron chi connectivity index (χ2n) is 5.55. The number of methoxy groups -OCH3 is 1. The molecule has 0 radical (unpaired) electrons. The normalized spacial score (nSPS) is 10.3. The Kier molecular flexibility index (Phi) is 10.8. The second kappa shape index (κ2) is 12.8. The molecule has 0 aliphatic heterocycles. The highest BCUT2D eigenvalue weighted by Gasteiger charge is 2.02. The number of benzene rings is 1. The molecular weight excluding hydrogens is 292 g/mol. The van der Waals surface area contributed by atoms with Crippen LogP contribution < -0.4 is 9.47 Å². The molecule has 0 saturated heterocycles. The number of rotatable bonds is 13. The molecule has 0 N–H and O–H groups in total. The van der Waals surface area contributed by atoms with Gasteiger partial charge in [-0.25, -0.2) is 0 Å². The second-order valence-corrected chi connectivity index (χ2v) is 5.55. The molecule has 1 aromatic rings. The molecule has 0 fully saturated rings. The first-order chi connectivity index (χ1) is 11.3. The molecule has 0 heterocycles. The van der Waals surface area contributed by atoms with E-state index in [0.717, 1.165) is 37.4 Å². The standard InChI is InChI=1S/C19H30O4/c1-3-19(20)23-16-12-8-6-4-5-7-11-15-22-18-14-10-9-13-17(18)21-2/h9-10,13-14H,3-8,11-12,15-16H2,1-2H3. The lowest BCUT2D eigenvalue weighted by molar-refractivity contribution is -0.143. The summed E-state index contributed by atoms with van der Waals surface area (Å²) in [4.78, 5) is 10.9. The molecule has 0 bridgehead atoms. The summed E-state index contributed by atoms with van der Waals surface area (Å²) < 4.78 is 16.0. The van der Waals surface area contributed by atoms with E-state index in [2.05, 4.69) is 0 Å². The molecule has 0 aliphatic rings. The van der Waals surface area contributed by atoms with Crippen LogP contribution in [0.2, 0.25) is 0 Å². The van der Waals surface area contributed by atoms with Gasteiger partial charge in [0.15, 0.2) is 11.5 Å². The Morgan fingerprint density at radius 2 is 1.43 bits per heavy atom. The Balaban J connectivity index is 1.91. The Morgan fingerprint density at radius 3 is 2.04 bits per heavy atom. The lowest BCUT2D eigenvalue weighted by Crippen LogP contribution is -2.03. The van der Waals surface area contributed by atoms with E-state index in [1.54, 1.807) is 7.11 Å². The minimum atomic E-state index is -0.0972. The summed E-state index contributed by atoms with van der Waals surface area (Å²) in [6.45, 7) is 3.12. The zero-order chi connectivity index (χ0) is 16.8. The molecule has 0 unspecified atom stereocenters. The molecule has 0 atom stereocenters. The molecule has 4 heteroatoms. The summed E-state index contributed by atoms with van der Waals surface area (Å²) in [5.74, 6) is 1.51. The monoisotopic (exact) mass is 322 g/mol. The van der Waals surface area contributed by atoms with Gasteiger partial charge in [-0.2, -0.15) is 0 Å². The zero-order valence-corrected chi connectivity index (χ0v) is 14.5. The molecule has 0 spiro atoms. The topological polar surface area (TPSA) is 44.8 Å². The largest absolute Gasteiger partial charge is 0.493 e. The fourth-order valence-electron chi connectivity index (χ4n) is 2.30. The van der Waals surface area contributed by atoms with Crippen LogP contribution >= 0.6 is 0 Å². The molecule has 1 aromatic carbocycles. The predicted molar refractivity (Wildman–Crippen MR) is 92.1 cm³/mol. The SMILES string of the molecule is CCC(=O)OCCCCCCCCCOc1ccccc1OC. The Bertz CT molecular complexity index is 431. The van der Waals surface area contributed by atoms with Crippen molar-refractivity contribution in [2.45, 2.75) is 58.3 Å². The molecular formula is C19H30O4. The van der Waals surface area contributed by atoms with E-state index in [4.69, 9.17) is 14.2 Å². The molecule has 0 amide bonds. The van der Waals surface area contributed by atoms with E-state index in [9.17, 15) is 4.79 Å². The van der Waals surface area contributed by atoms with Crippen LogP contribution in [0, 0.1) is 0 Å². The highest BCUT2D eigenvalue weighted by atomic mass is 16.5. The number of carbonyl (C=O) groups is 1. The van der Waals surface area contributed by atoms with Gasteiger partial charge in [-0.3, -0.25) is 4.79 Å². The Labute approximate surface area is 140 Å². The van der Waals surface area contributed by atoms with Crippen molar-refractivity contribution in [2.75, 3.05) is 20.3 Å². The third-order valence-corrected chi connectivity index (χ3v) is 3.67. The minimum absolute atomic E-state index is 0.0972. The van der Waals surface area contributed by atoms with Gasteiger partial charge < -0.3 is 14.2 Å². The van der Waals surface area contributed by atoms with Gasteiger partial charge in [-0.05, 0) is 25.0 Å². The van der Waals surface area contributed by atoms with Crippen LogP contribution in [-0.2, 0) is 9.53 Å². The van der Waals surface area contributed by atoms with Crippen molar-refractivity contribution in [3.8, 4) is 11.5 Å². The van der Waals surface area contributed by atoms with Crippen molar-refractivity contribution in [3.05, 3.63) is 24.3 Å². The van der Waals surface area contributed by atoms with Crippen LogP contribution in [0.3, 0.4) is 0 Å². The maximum absolute atomic E-state index is 10.9. The van der Waals surface area contributed by atoms with E-state index in [0.29, 0.717) is 13.0 Å². The van der Waals surface area contributed by atoms with Crippen LogP contribution in [0.1, 0.15) is 58.3 Å². The third kappa shape index (κ3) is 9.11. The molecule has 130 valence electrons. The van der Waals surface area contributed by atoms with E-state index in [1.165, 1.54) is 25.7 Å². The summed E-state index contributed by atoms with van der Waals surface area (Å²) >= 11 is 0. The summed E-state index contributed by atoms with van der Waals surface area (Å²) in [5.41, 5.74) is 0. The predicted octanol–water partition coefficient (Wildman–Crippen LogP) is 4.76. The van der Waals surface area contributed by atoms with Crippen LogP contribution in [0.25, 0.3) is 0 Å². The van der Waals surface area contributed by atoms with Gasteiger partial charge in [0.1, 0.15) is 0 Å². The molecule has 23 heavy (non-hydrogen) atoms. The maximum Gasteiger partial charge on any atom is 0.305 e. The molecule has 0 saturated carbocycles. The van der Waals surface area contributed by atoms with Crippen molar-refractivity contribution < 1.29 is 19.0 Å². The summed E-state index contributed by atoms with van der Waals surface area (Å²) in [7, 11) is 1.66. The smallest absolute Gasteiger partial charge is 0.305 e. The van der Waals surface area contributed by atoms with Crippen molar-refractivity contribution in [2.24, 2.45) is 0 Å².